The van der Waals surface area contributed by atoms with Gasteiger partial charge in [-0.2, -0.15) is 0 Å². The molecule has 0 bridgehead atoms. The predicted octanol–water partition coefficient (Wildman–Crippen LogP) is 2.71. The van der Waals surface area contributed by atoms with Gasteiger partial charge < -0.3 is 10.3 Å². The quantitative estimate of drug-likeness (QED) is 0.817. The van der Waals surface area contributed by atoms with E-state index in [1.54, 1.807) is 0 Å². The molecule has 3 nitrogen and oxygen atoms in total. The molecule has 17 heavy (non-hydrogen) atoms. The maximum Gasteiger partial charge on any atom is 0.0960 e. The Kier molecular flexibility index (Phi) is 2.44. The highest BCUT2D eigenvalue weighted by atomic mass is 15.1. The van der Waals surface area contributed by atoms with Gasteiger partial charge in [-0.05, 0) is 56.4 Å². The third kappa shape index (κ3) is 1.75. The number of imidazole rings is 1. The molecule has 1 aliphatic rings. The average molecular weight is 229 g/mol. The second kappa shape index (κ2) is 3.84. The molecule has 3 heteroatoms. The van der Waals surface area contributed by atoms with Gasteiger partial charge in [-0.15, -0.1) is 0 Å². The third-order valence-electron chi connectivity index (χ3n) is 4.03. The zero-order chi connectivity index (χ0) is 12.0. The van der Waals surface area contributed by atoms with E-state index in [0.717, 1.165) is 18.4 Å². The molecule has 1 aromatic carbocycles. The average Bonchev–Trinajstić information content (AvgIpc) is 2.86. The number of hydrogen-bond acceptors (Lipinski definition) is 2. The van der Waals surface area contributed by atoms with Gasteiger partial charge in [0.1, 0.15) is 0 Å². The highest BCUT2D eigenvalue weighted by Gasteiger charge is 2.24. The fourth-order valence-electron chi connectivity index (χ4n) is 2.82. The van der Waals surface area contributed by atoms with Gasteiger partial charge in [0.15, 0.2) is 0 Å². The Morgan fingerprint density at radius 2 is 2.00 bits per heavy atom. The Morgan fingerprint density at radius 1 is 1.24 bits per heavy atom. The molecule has 0 radical (unpaired) electrons. The van der Waals surface area contributed by atoms with Crippen LogP contribution in [0.25, 0.3) is 11.0 Å². The number of aryl methyl sites for hydroxylation is 2. The summed E-state index contributed by atoms with van der Waals surface area (Å²) in [6.07, 6.45) is 5.37. The van der Waals surface area contributed by atoms with E-state index in [2.05, 4.69) is 35.5 Å². The molecule has 2 N–H and O–H groups in total. The molecule has 90 valence electrons. The summed E-state index contributed by atoms with van der Waals surface area (Å²) in [6.45, 7) is 4.30. The number of rotatable bonds is 1. The fourth-order valence-corrected chi connectivity index (χ4v) is 2.82. The van der Waals surface area contributed by atoms with Gasteiger partial charge in [0.2, 0.25) is 0 Å². The first-order valence-corrected chi connectivity index (χ1v) is 6.34. The smallest absolute Gasteiger partial charge is 0.0960 e. The number of hydrogen-bond donors (Lipinski definition) is 1. The lowest BCUT2D eigenvalue weighted by atomic mass is 10.1. The van der Waals surface area contributed by atoms with Crippen LogP contribution < -0.4 is 5.73 Å². The summed E-state index contributed by atoms with van der Waals surface area (Å²) < 4.78 is 2.31. The number of benzene rings is 1. The van der Waals surface area contributed by atoms with Crippen molar-refractivity contribution in [1.29, 1.82) is 0 Å². The van der Waals surface area contributed by atoms with Crippen molar-refractivity contribution in [2.24, 2.45) is 5.73 Å². The van der Waals surface area contributed by atoms with Crippen molar-refractivity contribution in [3.05, 3.63) is 29.6 Å². The van der Waals surface area contributed by atoms with Crippen LogP contribution in [0, 0.1) is 13.8 Å². The van der Waals surface area contributed by atoms with Crippen molar-refractivity contribution in [1.82, 2.24) is 9.55 Å². The molecule has 0 spiro atoms. The van der Waals surface area contributed by atoms with Crippen molar-refractivity contribution >= 4 is 11.0 Å². The predicted molar refractivity (Wildman–Crippen MR) is 70.1 cm³/mol. The molecule has 0 aliphatic heterocycles. The molecule has 1 fully saturated rings. The summed E-state index contributed by atoms with van der Waals surface area (Å²) in [5.74, 6) is 0. The van der Waals surface area contributed by atoms with Gasteiger partial charge in [-0.25, -0.2) is 4.98 Å². The molecule has 0 saturated heterocycles. The largest absolute Gasteiger partial charge is 0.328 e. The van der Waals surface area contributed by atoms with Crippen LogP contribution in [0.5, 0.6) is 0 Å². The van der Waals surface area contributed by atoms with E-state index in [1.165, 1.54) is 23.1 Å². The molecule has 1 heterocycles. The Bertz CT molecular complexity index is 556. The number of nitrogens with two attached hydrogens (primary N) is 1. The van der Waals surface area contributed by atoms with Gasteiger partial charge in [0.25, 0.3) is 0 Å². The molecule has 1 aliphatic carbocycles. The van der Waals surface area contributed by atoms with Crippen LogP contribution in [0.15, 0.2) is 18.5 Å². The maximum atomic E-state index is 6.00. The highest BCUT2D eigenvalue weighted by molar-refractivity contribution is 5.77. The van der Waals surface area contributed by atoms with Crippen LogP contribution in [0.2, 0.25) is 0 Å². The fraction of sp³-hybridized carbons (Fsp3) is 0.500. The standard InChI is InChI=1S/C14H19N3/c1-9-5-13-14(6-10(9)2)17(8-16-13)12-4-3-11(15)7-12/h5-6,8,11-12H,3-4,7,15H2,1-2H3. The van der Waals surface area contributed by atoms with E-state index in [9.17, 15) is 0 Å². The zero-order valence-electron chi connectivity index (χ0n) is 10.5. The van der Waals surface area contributed by atoms with Crippen molar-refractivity contribution in [2.75, 3.05) is 0 Å². The number of fused-ring (bicyclic) bond motifs is 1. The first-order chi connectivity index (χ1) is 8.15. The zero-order valence-corrected chi connectivity index (χ0v) is 10.5. The van der Waals surface area contributed by atoms with E-state index in [-0.39, 0.29) is 0 Å². The van der Waals surface area contributed by atoms with E-state index in [4.69, 9.17) is 5.73 Å². The first kappa shape index (κ1) is 10.8. The summed E-state index contributed by atoms with van der Waals surface area (Å²) in [7, 11) is 0. The van der Waals surface area contributed by atoms with Gasteiger partial charge in [0.05, 0.1) is 17.4 Å². The summed E-state index contributed by atoms with van der Waals surface area (Å²) in [4.78, 5) is 4.51. The molecular formula is C14H19N3. The molecule has 3 rings (SSSR count). The van der Waals surface area contributed by atoms with Crippen LogP contribution in [-0.2, 0) is 0 Å². The van der Waals surface area contributed by atoms with Crippen LogP contribution in [0.4, 0.5) is 0 Å². The summed E-state index contributed by atoms with van der Waals surface area (Å²) in [6, 6.07) is 5.33. The second-order valence-electron chi connectivity index (χ2n) is 5.30. The minimum Gasteiger partial charge on any atom is -0.328 e. The number of aromatic nitrogens is 2. The van der Waals surface area contributed by atoms with Gasteiger partial charge in [0, 0.05) is 12.1 Å². The Morgan fingerprint density at radius 3 is 2.71 bits per heavy atom. The van der Waals surface area contributed by atoms with Crippen LogP contribution >= 0.6 is 0 Å². The highest BCUT2D eigenvalue weighted by Crippen LogP contribution is 2.32. The first-order valence-electron chi connectivity index (χ1n) is 6.34. The molecule has 2 unspecified atom stereocenters. The molecular weight excluding hydrogens is 210 g/mol. The topological polar surface area (TPSA) is 43.8 Å². The maximum absolute atomic E-state index is 6.00. The van der Waals surface area contributed by atoms with Crippen LogP contribution in [0.1, 0.15) is 36.4 Å². The molecule has 2 aromatic rings. The van der Waals surface area contributed by atoms with Crippen molar-refractivity contribution < 1.29 is 0 Å². The number of nitrogens with zero attached hydrogens (tertiary/aromatic N) is 2. The summed E-state index contributed by atoms with van der Waals surface area (Å²) in [5.41, 5.74) is 11.0. The third-order valence-corrected chi connectivity index (χ3v) is 4.03. The molecule has 2 atom stereocenters. The van der Waals surface area contributed by atoms with Gasteiger partial charge in [-0.1, -0.05) is 0 Å². The summed E-state index contributed by atoms with van der Waals surface area (Å²) in [5, 5.41) is 0. The Hall–Kier alpha value is -1.35. The van der Waals surface area contributed by atoms with Crippen LogP contribution in [-0.4, -0.2) is 15.6 Å². The van der Waals surface area contributed by atoms with Crippen molar-refractivity contribution in [3.63, 3.8) is 0 Å². The lowest BCUT2D eigenvalue weighted by Gasteiger charge is -2.13. The summed E-state index contributed by atoms with van der Waals surface area (Å²) >= 11 is 0. The molecule has 1 aromatic heterocycles. The molecule has 1 saturated carbocycles. The Labute approximate surface area is 102 Å². The van der Waals surface area contributed by atoms with Crippen LogP contribution in [0.3, 0.4) is 0 Å². The normalized spacial score (nSPS) is 24.6. The van der Waals surface area contributed by atoms with Crippen molar-refractivity contribution in [2.45, 2.75) is 45.2 Å². The van der Waals surface area contributed by atoms with Gasteiger partial charge in [-0.3, -0.25) is 0 Å². The molecule has 0 amide bonds. The SMILES string of the molecule is Cc1cc2ncn(C3CCC(N)C3)c2cc1C. The monoisotopic (exact) mass is 229 g/mol. The second-order valence-corrected chi connectivity index (χ2v) is 5.30. The minimum atomic E-state index is 0.365. The Balaban J connectivity index is 2.08. The van der Waals surface area contributed by atoms with E-state index in [1.807, 2.05) is 6.33 Å². The lowest BCUT2D eigenvalue weighted by molar-refractivity contribution is 0.522. The van der Waals surface area contributed by atoms with E-state index >= 15 is 0 Å². The van der Waals surface area contributed by atoms with E-state index < -0.39 is 0 Å². The van der Waals surface area contributed by atoms with E-state index in [0.29, 0.717) is 12.1 Å². The lowest BCUT2D eigenvalue weighted by Crippen LogP contribution is -2.15. The minimum absolute atomic E-state index is 0.365. The van der Waals surface area contributed by atoms with Crippen molar-refractivity contribution in [3.8, 4) is 0 Å². The van der Waals surface area contributed by atoms with Gasteiger partial charge >= 0.3 is 0 Å².